The van der Waals surface area contributed by atoms with Gasteiger partial charge in [-0.25, -0.2) is 14.4 Å². The predicted octanol–water partition coefficient (Wildman–Crippen LogP) is 6.35. The van der Waals surface area contributed by atoms with E-state index in [0.29, 0.717) is 5.56 Å². The van der Waals surface area contributed by atoms with Crippen molar-refractivity contribution in [1.29, 1.82) is 0 Å². The molecule has 0 amide bonds. The molecule has 0 saturated heterocycles. The number of nitrogens with zero attached hydrogens (tertiary/aromatic N) is 2. The van der Waals surface area contributed by atoms with Gasteiger partial charge in [0.15, 0.2) is 5.82 Å². The summed E-state index contributed by atoms with van der Waals surface area (Å²) < 4.78 is 51.5. The molecule has 1 heterocycles. The van der Waals surface area contributed by atoms with Gasteiger partial charge in [0.25, 0.3) is 0 Å². The van der Waals surface area contributed by atoms with E-state index < -0.39 is 17.6 Å². The first kappa shape index (κ1) is 18.4. The molecule has 3 aromatic rings. The Hall–Kier alpha value is -2.38. The molecule has 0 unspecified atom stereocenters. The second-order valence-electron chi connectivity index (χ2n) is 5.23. The molecule has 2 aromatic carbocycles. The quantitative estimate of drug-likeness (QED) is 0.410. The molecule has 3 rings (SSSR count). The van der Waals surface area contributed by atoms with Crippen LogP contribution in [0.4, 0.5) is 29.1 Å². The molecule has 0 atom stereocenters. The summed E-state index contributed by atoms with van der Waals surface area (Å²) in [5.41, 5.74) is -0.261. The van der Waals surface area contributed by atoms with Crippen molar-refractivity contribution in [3.63, 3.8) is 0 Å². The molecule has 0 aliphatic carbocycles. The molecule has 26 heavy (non-hydrogen) atoms. The van der Waals surface area contributed by atoms with E-state index in [9.17, 15) is 17.6 Å². The maximum atomic E-state index is 13.4. The summed E-state index contributed by atoms with van der Waals surface area (Å²) in [7, 11) is 0. The van der Waals surface area contributed by atoms with Crippen LogP contribution in [-0.4, -0.2) is 9.97 Å². The highest BCUT2D eigenvalue weighted by Crippen LogP contribution is 2.35. The maximum absolute atomic E-state index is 13.4. The monoisotopic (exact) mass is 401 g/mol. The zero-order valence-corrected chi connectivity index (χ0v) is 14.3. The highest BCUT2D eigenvalue weighted by Gasteiger charge is 2.30. The van der Waals surface area contributed by atoms with E-state index in [-0.39, 0.29) is 27.5 Å². The summed E-state index contributed by atoms with van der Waals surface area (Å²) in [4.78, 5) is 8.22. The Bertz CT molecular complexity index is 961. The zero-order valence-electron chi connectivity index (χ0n) is 12.8. The number of hydrogen-bond acceptors (Lipinski definition) is 3. The summed E-state index contributed by atoms with van der Waals surface area (Å²) in [6, 6.07) is 9.86. The van der Waals surface area contributed by atoms with Gasteiger partial charge in [-0.3, -0.25) is 0 Å². The minimum Gasteiger partial charge on any atom is -0.339 e. The van der Waals surface area contributed by atoms with Gasteiger partial charge in [-0.1, -0.05) is 35.3 Å². The molecule has 1 N–H and O–H groups in total. The molecule has 0 saturated carbocycles. The normalized spacial score (nSPS) is 11.5. The van der Waals surface area contributed by atoms with Crippen LogP contribution in [0, 0.1) is 5.82 Å². The third-order valence-electron chi connectivity index (χ3n) is 3.34. The Balaban J connectivity index is 1.94. The second-order valence-corrected chi connectivity index (χ2v) is 6.02. The molecular weight excluding hydrogens is 393 g/mol. The highest BCUT2D eigenvalue weighted by molar-refractivity contribution is 6.33. The lowest BCUT2D eigenvalue weighted by atomic mass is 10.2. The van der Waals surface area contributed by atoms with Crippen LogP contribution in [0.2, 0.25) is 10.2 Å². The van der Waals surface area contributed by atoms with Crippen molar-refractivity contribution in [2.24, 2.45) is 0 Å². The topological polar surface area (TPSA) is 37.8 Å². The molecular formula is C17H9Cl2F4N3. The van der Waals surface area contributed by atoms with Gasteiger partial charge in [0, 0.05) is 11.6 Å². The smallest absolute Gasteiger partial charge is 0.339 e. The Morgan fingerprint density at radius 1 is 0.923 bits per heavy atom. The Morgan fingerprint density at radius 3 is 2.35 bits per heavy atom. The standard InChI is InChI=1S/C17H9Cl2F4N3/c18-12-7-10(17(21,22)23)4-5-13(12)24-15-8-14(19)25-16(26-15)9-2-1-3-11(20)6-9/h1-8H,(H,24,25,26). The summed E-state index contributed by atoms with van der Waals surface area (Å²) >= 11 is 11.9. The number of benzene rings is 2. The first-order valence-corrected chi connectivity index (χ1v) is 7.92. The fourth-order valence-corrected chi connectivity index (χ4v) is 2.58. The van der Waals surface area contributed by atoms with Crippen molar-refractivity contribution >= 4 is 34.7 Å². The fraction of sp³-hybridized carbons (Fsp3) is 0.0588. The number of nitrogens with one attached hydrogen (secondary N) is 1. The number of alkyl halides is 3. The Labute approximate surface area is 155 Å². The van der Waals surface area contributed by atoms with Gasteiger partial charge in [0.1, 0.15) is 16.8 Å². The molecule has 0 aliphatic rings. The van der Waals surface area contributed by atoms with E-state index in [1.54, 1.807) is 6.07 Å². The van der Waals surface area contributed by atoms with Crippen molar-refractivity contribution in [1.82, 2.24) is 9.97 Å². The van der Waals surface area contributed by atoms with Gasteiger partial charge < -0.3 is 5.32 Å². The molecule has 3 nitrogen and oxygen atoms in total. The third-order valence-corrected chi connectivity index (χ3v) is 3.84. The van der Waals surface area contributed by atoms with Crippen LogP contribution in [0.5, 0.6) is 0 Å². The summed E-state index contributed by atoms with van der Waals surface area (Å²) in [6.45, 7) is 0. The molecule has 0 bridgehead atoms. The van der Waals surface area contributed by atoms with Crippen LogP contribution in [0.15, 0.2) is 48.5 Å². The van der Waals surface area contributed by atoms with Crippen LogP contribution in [0.25, 0.3) is 11.4 Å². The van der Waals surface area contributed by atoms with Gasteiger partial charge >= 0.3 is 6.18 Å². The number of hydrogen-bond donors (Lipinski definition) is 1. The predicted molar refractivity (Wildman–Crippen MR) is 92.2 cm³/mol. The summed E-state index contributed by atoms with van der Waals surface area (Å²) in [6.07, 6.45) is -4.50. The van der Waals surface area contributed by atoms with Crippen molar-refractivity contribution in [2.45, 2.75) is 6.18 Å². The van der Waals surface area contributed by atoms with Gasteiger partial charge in [-0.15, -0.1) is 0 Å². The minimum absolute atomic E-state index is 0.0739. The Morgan fingerprint density at radius 2 is 1.69 bits per heavy atom. The lowest BCUT2D eigenvalue weighted by molar-refractivity contribution is -0.137. The van der Waals surface area contributed by atoms with Gasteiger partial charge in [0.05, 0.1) is 16.3 Å². The van der Waals surface area contributed by atoms with E-state index in [1.165, 1.54) is 30.3 Å². The first-order chi connectivity index (χ1) is 12.2. The van der Waals surface area contributed by atoms with E-state index in [4.69, 9.17) is 23.2 Å². The minimum atomic E-state index is -4.50. The van der Waals surface area contributed by atoms with E-state index >= 15 is 0 Å². The van der Waals surface area contributed by atoms with E-state index in [0.717, 1.165) is 12.1 Å². The van der Waals surface area contributed by atoms with E-state index in [2.05, 4.69) is 15.3 Å². The van der Waals surface area contributed by atoms with Crippen molar-refractivity contribution < 1.29 is 17.6 Å². The fourth-order valence-electron chi connectivity index (χ4n) is 2.17. The number of halogens is 6. The van der Waals surface area contributed by atoms with Crippen LogP contribution in [0.1, 0.15) is 5.56 Å². The second kappa shape index (κ2) is 7.09. The van der Waals surface area contributed by atoms with Crippen LogP contribution in [0.3, 0.4) is 0 Å². The summed E-state index contributed by atoms with van der Waals surface area (Å²) in [5.74, 6) is -0.111. The summed E-state index contributed by atoms with van der Waals surface area (Å²) in [5, 5.41) is 2.72. The highest BCUT2D eigenvalue weighted by atomic mass is 35.5. The van der Waals surface area contributed by atoms with E-state index in [1.807, 2.05) is 0 Å². The van der Waals surface area contributed by atoms with Crippen LogP contribution in [-0.2, 0) is 6.18 Å². The van der Waals surface area contributed by atoms with Gasteiger partial charge in [-0.05, 0) is 30.3 Å². The first-order valence-electron chi connectivity index (χ1n) is 7.17. The van der Waals surface area contributed by atoms with Crippen LogP contribution < -0.4 is 5.32 Å². The Kier molecular flexibility index (Phi) is 5.02. The molecule has 0 fully saturated rings. The lowest BCUT2D eigenvalue weighted by Crippen LogP contribution is -2.05. The van der Waals surface area contributed by atoms with Crippen molar-refractivity contribution in [3.05, 3.63) is 70.1 Å². The molecule has 0 spiro atoms. The van der Waals surface area contributed by atoms with Gasteiger partial charge in [-0.2, -0.15) is 13.2 Å². The van der Waals surface area contributed by atoms with Gasteiger partial charge in [0.2, 0.25) is 0 Å². The zero-order chi connectivity index (χ0) is 18.9. The molecule has 1 aromatic heterocycles. The molecule has 134 valence electrons. The molecule has 0 radical (unpaired) electrons. The number of aromatic nitrogens is 2. The molecule has 9 heteroatoms. The number of anilines is 2. The van der Waals surface area contributed by atoms with Crippen molar-refractivity contribution in [2.75, 3.05) is 5.32 Å². The lowest BCUT2D eigenvalue weighted by Gasteiger charge is -2.12. The average Bonchev–Trinajstić information content (AvgIpc) is 2.55. The SMILES string of the molecule is Fc1cccc(-c2nc(Cl)cc(Nc3ccc(C(F)(F)F)cc3Cl)n2)c1. The van der Waals surface area contributed by atoms with Crippen LogP contribution >= 0.6 is 23.2 Å². The third kappa shape index (κ3) is 4.23. The number of rotatable bonds is 3. The van der Waals surface area contributed by atoms with Crippen molar-refractivity contribution in [3.8, 4) is 11.4 Å². The largest absolute Gasteiger partial charge is 0.416 e. The average molecular weight is 402 g/mol. The maximum Gasteiger partial charge on any atom is 0.416 e. The molecule has 0 aliphatic heterocycles.